The van der Waals surface area contributed by atoms with Crippen LogP contribution in [0.5, 0.6) is 0 Å². The molecule has 0 heterocycles. The summed E-state index contributed by atoms with van der Waals surface area (Å²) >= 11 is 0. The highest BCUT2D eigenvalue weighted by atomic mass is 19.3. The molecule has 0 spiro atoms. The Kier molecular flexibility index (Phi) is 2.75. The molecule has 0 saturated carbocycles. The largest absolute Gasteiger partial charge is 0.317 e. The second-order valence-corrected chi connectivity index (χ2v) is 2.96. The Morgan fingerprint density at radius 2 is 1.80 bits per heavy atom. The molecule has 0 N–H and O–H groups in total. The van der Waals surface area contributed by atoms with E-state index < -0.39 is 12.1 Å². The van der Waals surface area contributed by atoms with Crippen molar-refractivity contribution < 1.29 is 13.6 Å². The van der Waals surface area contributed by atoms with Gasteiger partial charge in [-0.2, -0.15) is 8.78 Å². The van der Waals surface area contributed by atoms with Crippen LogP contribution >= 0.6 is 0 Å². The maximum absolute atomic E-state index is 11.9. The van der Waals surface area contributed by atoms with Crippen LogP contribution in [0.1, 0.15) is 20.8 Å². The van der Waals surface area contributed by atoms with E-state index in [1.54, 1.807) is 20.8 Å². The highest BCUT2D eigenvalue weighted by molar-refractivity contribution is 5.48. The average molecular weight is 151 g/mol. The first kappa shape index (κ1) is 9.33. The van der Waals surface area contributed by atoms with Gasteiger partial charge in [-0.25, -0.2) is 0 Å². The zero-order chi connectivity index (χ0) is 8.36. The van der Waals surface area contributed by atoms with E-state index >= 15 is 0 Å². The molecule has 0 atom stereocenters. The molecule has 0 bridgehead atoms. The van der Waals surface area contributed by atoms with Crippen LogP contribution in [0.25, 0.3) is 0 Å². The van der Waals surface area contributed by atoms with Gasteiger partial charge in [-0.15, -0.1) is 0 Å². The molecule has 60 valence electrons. The summed E-state index contributed by atoms with van der Waals surface area (Å²) in [6.45, 7) is 1.94. The van der Waals surface area contributed by atoms with E-state index in [0.29, 0.717) is 4.90 Å². The van der Waals surface area contributed by atoms with Crippen LogP contribution in [0.15, 0.2) is 0 Å². The molecule has 4 heteroatoms. The van der Waals surface area contributed by atoms with Gasteiger partial charge in [-0.05, 0) is 20.8 Å². The summed E-state index contributed by atoms with van der Waals surface area (Å²) in [5, 5.41) is 0. The summed E-state index contributed by atoms with van der Waals surface area (Å²) in [4.78, 5) is 10.5. The summed E-state index contributed by atoms with van der Waals surface area (Å²) in [6, 6.07) is 0. The van der Waals surface area contributed by atoms with Crippen molar-refractivity contribution in [1.82, 2.24) is 4.90 Å². The van der Waals surface area contributed by atoms with Crippen molar-refractivity contribution in [3.05, 3.63) is 0 Å². The SMILES string of the molecule is CC(C)(C)N(C=O)C(F)F. The van der Waals surface area contributed by atoms with E-state index in [4.69, 9.17) is 0 Å². The maximum atomic E-state index is 11.9. The van der Waals surface area contributed by atoms with E-state index in [-0.39, 0.29) is 6.41 Å². The molecule has 0 saturated heterocycles. The number of alkyl halides is 2. The van der Waals surface area contributed by atoms with Crippen molar-refractivity contribution in [2.24, 2.45) is 0 Å². The third kappa shape index (κ3) is 2.29. The molecule has 0 aromatic rings. The molecule has 0 rings (SSSR count). The first-order valence-electron chi connectivity index (χ1n) is 2.91. The summed E-state index contributed by atoms with van der Waals surface area (Å²) < 4.78 is 23.8. The quantitative estimate of drug-likeness (QED) is 0.432. The maximum Gasteiger partial charge on any atom is 0.317 e. The van der Waals surface area contributed by atoms with Crippen molar-refractivity contribution >= 4 is 6.41 Å². The lowest BCUT2D eigenvalue weighted by atomic mass is 10.1. The summed E-state index contributed by atoms with van der Waals surface area (Å²) in [7, 11) is 0. The number of hydrogen-bond acceptors (Lipinski definition) is 1. The van der Waals surface area contributed by atoms with Gasteiger partial charge in [0.25, 0.3) is 0 Å². The predicted molar refractivity (Wildman–Crippen MR) is 33.7 cm³/mol. The number of carbonyl (C=O) groups is 1. The van der Waals surface area contributed by atoms with E-state index in [1.807, 2.05) is 0 Å². The lowest BCUT2D eigenvalue weighted by Crippen LogP contribution is -2.43. The minimum absolute atomic E-state index is 0.157. The molecule has 0 fully saturated rings. The first-order chi connectivity index (χ1) is 4.39. The van der Waals surface area contributed by atoms with E-state index in [9.17, 15) is 13.6 Å². The molecule has 0 aliphatic carbocycles. The average Bonchev–Trinajstić information content (AvgIpc) is 1.60. The Balaban J connectivity index is 4.21. The van der Waals surface area contributed by atoms with Crippen molar-refractivity contribution in [2.45, 2.75) is 32.9 Å². The lowest BCUT2D eigenvalue weighted by molar-refractivity contribution is -0.140. The summed E-state index contributed by atoms with van der Waals surface area (Å²) in [5.74, 6) is 0. The second kappa shape index (κ2) is 2.94. The van der Waals surface area contributed by atoms with E-state index in [0.717, 1.165) is 0 Å². The van der Waals surface area contributed by atoms with E-state index in [2.05, 4.69) is 0 Å². The van der Waals surface area contributed by atoms with Crippen molar-refractivity contribution in [3.8, 4) is 0 Å². The fourth-order valence-electron chi connectivity index (χ4n) is 0.497. The highest BCUT2D eigenvalue weighted by Gasteiger charge is 2.26. The van der Waals surface area contributed by atoms with Gasteiger partial charge in [-0.3, -0.25) is 9.69 Å². The third-order valence-electron chi connectivity index (χ3n) is 1.10. The van der Waals surface area contributed by atoms with Crippen molar-refractivity contribution in [3.63, 3.8) is 0 Å². The van der Waals surface area contributed by atoms with Crippen LogP contribution in [0.2, 0.25) is 0 Å². The van der Waals surface area contributed by atoms with Gasteiger partial charge in [0.05, 0.1) is 0 Å². The van der Waals surface area contributed by atoms with Gasteiger partial charge in [0.2, 0.25) is 6.41 Å². The minimum Gasteiger partial charge on any atom is -0.284 e. The minimum atomic E-state index is -2.71. The summed E-state index contributed by atoms with van der Waals surface area (Å²) in [6.07, 6.45) is 0.157. The molecule has 0 aromatic carbocycles. The Morgan fingerprint density at radius 1 is 1.40 bits per heavy atom. The van der Waals surface area contributed by atoms with Crippen LogP contribution in [0.4, 0.5) is 8.78 Å². The normalized spacial score (nSPS) is 11.8. The van der Waals surface area contributed by atoms with Crippen molar-refractivity contribution in [1.29, 1.82) is 0 Å². The molecule has 10 heavy (non-hydrogen) atoms. The van der Waals surface area contributed by atoms with Gasteiger partial charge in [0.15, 0.2) is 0 Å². The van der Waals surface area contributed by atoms with Crippen LogP contribution in [-0.4, -0.2) is 23.4 Å². The lowest BCUT2D eigenvalue weighted by Gasteiger charge is -2.30. The fraction of sp³-hybridized carbons (Fsp3) is 0.833. The molecule has 0 aromatic heterocycles. The van der Waals surface area contributed by atoms with Gasteiger partial charge in [-0.1, -0.05) is 0 Å². The smallest absolute Gasteiger partial charge is 0.284 e. The Hall–Kier alpha value is -0.670. The van der Waals surface area contributed by atoms with Crippen LogP contribution < -0.4 is 0 Å². The van der Waals surface area contributed by atoms with Gasteiger partial charge >= 0.3 is 6.55 Å². The standard InChI is InChI=1S/C6H11F2NO/c1-6(2,3)9(4-10)5(7)8/h4-5H,1-3H3. The number of rotatable bonds is 2. The fourth-order valence-corrected chi connectivity index (χ4v) is 0.497. The molecule has 1 amide bonds. The number of nitrogens with zero attached hydrogens (tertiary/aromatic N) is 1. The molecular formula is C6H11F2NO. The summed E-state index contributed by atoms with van der Waals surface area (Å²) in [5.41, 5.74) is -0.796. The zero-order valence-corrected chi connectivity index (χ0v) is 6.27. The first-order valence-corrected chi connectivity index (χ1v) is 2.91. The van der Waals surface area contributed by atoms with Gasteiger partial charge in [0.1, 0.15) is 0 Å². The Labute approximate surface area is 58.8 Å². The van der Waals surface area contributed by atoms with Gasteiger partial charge in [0, 0.05) is 5.54 Å². The number of halogens is 2. The molecule has 0 unspecified atom stereocenters. The topological polar surface area (TPSA) is 20.3 Å². The molecule has 2 nitrogen and oxygen atoms in total. The second-order valence-electron chi connectivity index (χ2n) is 2.96. The van der Waals surface area contributed by atoms with Crippen LogP contribution in [-0.2, 0) is 4.79 Å². The Morgan fingerprint density at radius 3 is 1.80 bits per heavy atom. The number of amides is 1. The number of hydrogen-bond donors (Lipinski definition) is 0. The van der Waals surface area contributed by atoms with Crippen LogP contribution in [0, 0.1) is 0 Å². The third-order valence-corrected chi connectivity index (χ3v) is 1.10. The Bertz CT molecular complexity index is 119. The van der Waals surface area contributed by atoms with Crippen molar-refractivity contribution in [2.75, 3.05) is 0 Å². The number of carbonyl (C=O) groups excluding carboxylic acids is 1. The molecular weight excluding hydrogens is 140 g/mol. The van der Waals surface area contributed by atoms with E-state index in [1.165, 1.54) is 0 Å². The monoisotopic (exact) mass is 151 g/mol. The zero-order valence-electron chi connectivity index (χ0n) is 6.27. The molecule has 0 aliphatic heterocycles. The molecule has 0 radical (unpaired) electrons. The van der Waals surface area contributed by atoms with Gasteiger partial charge < -0.3 is 0 Å². The highest BCUT2D eigenvalue weighted by Crippen LogP contribution is 2.15. The molecule has 0 aliphatic rings. The van der Waals surface area contributed by atoms with Crippen LogP contribution in [0.3, 0.4) is 0 Å². The predicted octanol–water partition coefficient (Wildman–Crippen LogP) is 1.47.